The molecule has 1 aromatic rings. The Bertz CT molecular complexity index is 645. The first-order chi connectivity index (χ1) is 10.0. The summed E-state index contributed by atoms with van der Waals surface area (Å²) in [5.74, 6) is 4.81. The zero-order valence-corrected chi connectivity index (χ0v) is 12.2. The summed E-state index contributed by atoms with van der Waals surface area (Å²) in [5, 5.41) is 20.0. The van der Waals surface area contributed by atoms with Gasteiger partial charge in [0.15, 0.2) is 0 Å². The molecule has 0 radical (unpaired) electrons. The Morgan fingerprint density at radius 2 is 2.33 bits per heavy atom. The molecular weight excluding hydrogens is 318 g/mol. The molecule has 1 amide bonds. The van der Waals surface area contributed by atoms with E-state index in [2.05, 4.69) is 15.5 Å². The molecule has 1 aromatic heterocycles. The van der Waals surface area contributed by atoms with Crippen molar-refractivity contribution in [2.45, 2.75) is 16.6 Å². The van der Waals surface area contributed by atoms with Gasteiger partial charge in [0.2, 0.25) is 11.1 Å². The predicted octanol–water partition coefficient (Wildman–Crippen LogP) is -1.94. The summed E-state index contributed by atoms with van der Waals surface area (Å²) in [5.41, 5.74) is 6.31. The molecule has 21 heavy (non-hydrogen) atoms. The van der Waals surface area contributed by atoms with E-state index in [1.807, 2.05) is 0 Å². The number of carbonyl (C=O) groups is 2. The van der Waals surface area contributed by atoms with Crippen LogP contribution in [0.3, 0.4) is 0 Å². The Balaban J connectivity index is 1.83. The number of hydrogen-bond donors (Lipinski definition) is 3. The number of carbonyl (C=O) groups excluding carboxylic acids is 1. The fourth-order valence-electron chi connectivity index (χ4n) is 2.12. The topological polar surface area (TPSA) is 153 Å². The first-order valence-electron chi connectivity index (χ1n) is 5.82. The zero-order valence-electron chi connectivity index (χ0n) is 10.5. The summed E-state index contributed by atoms with van der Waals surface area (Å²) in [4.78, 5) is 25.5. The summed E-state index contributed by atoms with van der Waals surface area (Å²) >= 11 is 2.66. The fourth-order valence-corrected chi connectivity index (χ4v) is 4.35. The van der Waals surface area contributed by atoms with Gasteiger partial charge in [-0.1, -0.05) is 16.9 Å². The number of nitrogens with zero attached hydrogens (tertiary/aromatic N) is 5. The van der Waals surface area contributed by atoms with Gasteiger partial charge in [-0.3, -0.25) is 9.69 Å². The number of carboxylic acids is 1. The van der Waals surface area contributed by atoms with Crippen LogP contribution in [-0.2, 0) is 9.59 Å². The molecule has 3 rings (SSSR count). The van der Waals surface area contributed by atoms with E-state index in [1.165, 1.54) is 28.4 Å². The second-order valence-electron chi connectivity index (χ2n) is 4.39. The highest BCUT2D eigenvalue weighted by Gasteiger charge is 2.51. The van der Waals surface area contributed by atoms with Crippen molar-refractivity contribution in [2.24, 2.45) is 5.73 Å². The van der Waals surface area contributed by atoms with Crippen molar-refractivity contribution >= 4 is 35.4 Å². The van der Waals surface area contributed by atoms with Crippen LogP contribution in [0.15, 0.2) is 16.4 Å². The number of thioether (sulfide) groups is 2. The largest absolute Gasteiger partial charge is 0.477 e. The number of aliphatic carboxylic acids is 1. The number of nitrogen functional groups attached to an aromatic ring is 1. The molecule has 112 valence electrons. The normalized spacial score (nSPS) is 24.8. The quantitative estimate of drug-likeness (QED) is 0.323. The first-order valence-corrected chi connectivity index (χ1v) is 7.86. The van der Waals surface area contributed by atoms with E-state index in [4.69, 9.17) is 11.6 Å². The molecule has 12 heteroatoms. The molecule has 0 aliphatic carbocycles. The van der Waals surface area contributed by atoms with E-state index in [0.29, 0.717) is 22.2 Å². The maximum Gasteiger partial charge on any atom is 0.352 e. The van der Waals surface area contributed by atoms with Crippen molar-refractivity contribution in [2.75, 3.05) is 17.3 Å². The molecule has 10 nitrogen and oxygen atoms in total. The summed E-state index contributed by atoms with van der Waals surface area (Å²) < 4.78 is 0. The minimum atomic E-state index is -1.14. The molecule has 5 N–H and O–H groups in total. The van der Waals surface area contributed by atoms with Crippen molar-refractivity contribution in [1.29, 1.82) is 0 Å². The van der Waals surface area contributed by atoms with E-state index in [9.17, 15) is 14.7 Å². The van der Waals surface area contributed by atoms with E-state index >= 15 is 0 Å². The van der Waals surface area contributed by atoms with Gasteiger partial charge in [-0.2, -0.15) is 0 Å². The number of hydrogen-bond acceptors (Lipinski definition) is 9. The van der Waals surface area contributed by atoms with E-state index in [1.54, 1.807) is 0 Å². The third kappa shape index (κ3) is 2.24. The molecule has 2 aliphatic heterocycles. The lowest BCUT2D eigenvalue weighted by Crippen LogP contribution is -2.68. The zero-order chi connectivity index (χ0) is 15.1. The Kier molecular flexibility index (Phi) is 3.51. The minimum Gasteiger partial charge on any atom is -0.477 e. The third-order valence-electron chi connectivity index (χ3n) is 3.13. The summed E-state index contributed by atoms with van der Waals surface area (Å²) in [6, 6.07) is -0.630. The van der Waals surface area contributed by atoms with Crippen LogP contribution < -0.4 is 11.6 Å². The SMILES string of the molecule is N[C@@H]1C(=O)N2C(C(=O)O)=C(CSc3nnnn3N)CS[C@@H]12. The van der Waals surface area contributed by atoms with Crippen LogP contribution in [0, 0.1) is 0 Å². The fraction of sp³-hybridized carbons (Fsp3) is 0.444. The first kappa shape index (κ1) is 14.2. The molecular formula is C9H11N7O3S2. The Morgan fingerprint density at radius 3 is 2.95 bits per heavy atom. The number of aromatic nitrogens is 4. The van der Waals surface area contributed by atoms with Gasteiger partial charge in [0.05, 0.1) is 0 Å². The van der Waals surface area contributed by atoms with Crippen LogP contribution in [0.1, 0.15) is 0 Å². The Labute approximate surface area is 126 Å². The number of fused-ring (bicyclic) bond motifs is 1. The van der Waals surface area contributed by atoms with Gasteiger partial charge in [-0.15, -0.1) is 16.6 Å². The lowest BCUT2D eigenvalue weighted by Gasteiger charge is -2.48. The number of nitrogens with two attached hydrogens (primary N) is 2. The lowest BCUT2D eigenvalue weighted by molar-refractivity contribution is -0.147. The highest BCUT2D eigenvalue weighted by Crippen LogP contribution is 2.40. The molecule has 2 atom stereocenters. The van der Waals surface area contributed by atoms with Gasteiger partial charge in [-0.05, 0) is 16.0 Å². The van der Waals surface area contributed by atoms with Gasteiger partial charge >= 0.3 is 5.97 Å². The molecule has 2 aliphatic rings. The van der Waals surface area contributed by atoms with Crippen LogP contribution in [0.2, 0.25) is 0 Å². The molecule has 1 fully saturated rings. The number of carboxylic acid groups (broad SMARTS) is 1. The maximum absolute atomic E-state index is 11.8. The Hall–Kier alpha value is -1.79. The smallest absolute Gasteiger partial charge is 0.352 e. The third-order valence-corrected chi connectivity index (χ3v) is 5.51. The average Bonchev–Trinajstić information content (AvgIpc) is 2.88. The van der Waals surface area contributed by atoms with E-state index in [-0.39, 0.29) is 17.0 Å². The highest BCUT2D eigenvalue weighted by molar-refractivity contribution is 8.01. The molecule has 1 saturated heterocycles. The van der Waals surface area contributed by atoms with Crippen molar-refractivity contribution in [3.05, 3.63) is 11.3 Å². The predicted molar refractivity (Wildman–Crippen MR) is 74.4 cm³/mol. The summed E-state index contributed by atoms with van der Waals surface area (Å²) in [6.45, 7) is 0. The van der Waals surface area contributed by atoms with E-state index in [0.717, 1.165) is 4.79 Å². The number of rotatable bonds is 4. The number of β-lactam (4-membered cyclic amide) rings is 1. The highest BCUT2D eigenvalue weighted by atomic mass is 32.2. The van der Waals surface area contributed by atoms with Crippen molar-refractivity contribution in [3.8, 4) is 0 Å². The van der Waals surface area contributed by atoms with Crippen LogP contribution in [0.4, 0.5) is 0 Å². The number of tetrazole rings is 1. The van der Waals surface area contributed by atoms with E-state index < -0.39 is 12.0 Å². The van der Waals surface area contributed by atoms with Crippen LogP contribution in [-0.4, -0.2) is 65.1 Å². The minimum absolute atomic E-state index is 0.00833. The van der Waals surface area contributed by atoms with Gasteiger partial charge in [0.1, 0.15) is 17.1 Å². The molecule has 0 spiro atoms. The van der Waals surface area contributed by atoms with Gasteiger partial charge < -0.3 is 16.7 Å². The summed E-state index contributed by atoms with van der Waals surface area (Å²) in [6.07, 6.45) is 0. The van der Waals surface area contributed by atoms with Gasteiger partial charge in [-0.25, -0.2) is 4.79 Å². The summed E-state index contributed by atoms with van der Waals surface area (Å²) in [7, 11) is 0. The average molecular weight is 329 g/mol. The molecule has 0 aromatic carbocycles. The second-order valence-corrected chi connectivity index (χ2v) is 6.44. The Morgan fingerprint density at radius 1 is 1.57 bits per heavy atom. The van der Waals surface area contributed by atoms with Crippen molar-refractivity contribution in [3.63, 3.8) is 0 Å². The van der Waals surface area contributed by atoms with Gasteiger partial charge in [0.25, 0.3) is 0 Å². The molecule has 0 bridgehead atoms. The van der Waals surface area contributed by atoms with Crippen LogP contribution in [0.25, 0.3) is 0 Å². The lowest BCUT2D eigenvalue weighted by atomic mass is 10.0. The molecule has 3 heterocycles. The number of amides is 1. The molecule has 0 saturated carbocycles. The maximum atomic E-state index is 11.8. The second kappa shape index (κ2) is 5.20. The van der Waals surface area contributed by atoms with Gasteiger partial charge in [0, 0.05) is 11.5 Å². The van der Waals surface area contributed by atoms with Crippen molar-refractivity contribution in [1.82, 2.24) is 25.2 Å². The standard InChI is InChI=1S/C9H11N7O3S2/c10-4-6(17)15-5(8(18)19)3(1-20-7(4)15)2-21-9-12-13-14-16(9)11/h4,7H,1-2,10-11H2,(H,18,19)/t4-,7+/m1/s1. The van der Waals surface area contributed by atoms with Crippen molar-refractivity contribution < 1.29 is 14.7 Å². The monoisotopic (exact) mass is 329 g/mol. The molecule has 0 unspecified atom stereocenters. The van der Waals surface area contributed by atoms with Crippen LogP contribution >= 0.6 is 23.5 Å². The van der Waals surface area contributed by atoms with Crippen LogP contribution in [0.5, 0.6) is 0 Å².